The van der Waals surface area contributed by atoms with Crippen LogP contribution in [0.2, 0.25) is 0 Å². The molecular weight excluding hydrogens is 296 g/mol. The topological polar surface area (TPSA) is 121 Å². The van der Waals surface area contributed by atoms with E-state index in [0.717, 1.165) is 0 Å². The maximum absolute atomic E-state index is 11.9. The third-order valence-corrected chi connectivity index (χ3v) is 2.93. The van der Waals surface area contributed by atoms with Gasteiger partial charge in [0.2, 0.25) is 0 Å². The molecule has 2 rings (SSSR count). The summed E-state index contributed by atoms with van der Waals surface area (Å²) in [6, 6.07) is 11.7. The lowest BCUT2D eigenvalue weighted by molar-refractivity contribution is -0.117. The molecule has 7 heteroatoms. The van der Waals surface area contributed by atoms with Crippen molar-refractivity contribution in [3.63, 3.8) is 0 Å². The number of rotatable bonds is 6. The van der Waals surface area contributed by atoms with Crippen molar-refractivity contribution >= 4 is 17.5 Å². The number of carbonyl (C=O) groups is 2. The normalized spacial score (nSPS) is 10.7. The summed E-state index contributed by atoms with van der Waals surface area (Å²) in [7, 11) is 0. The van der Waals surface area contributed by atoms with E-state index in [9.17, 15) is 9.59 Å². The number of anilines is 1. The van der Waals surface area contributed by atoms with Gasteiger partial charge in [-0.15, -0.1) is 0 Å². The summed E-state index contributed by atoms with van der Waals surface area (Å²) in [6.45, 7) is 0.169. The van der Waals surface area contributed by atoms with E-state index >= 15 is 0 Å². The van der Waals surface area contributed by atoms with Crippen LogP contribution in [0.5, 0.6) is 0 Å². The number of amides is 2. The number of nitrogens with zero attached hydrogens (tertiary/aromatic N) is 1. The molecule has 0 atom stereocenters. The van der Waals surface area contributed by atoms with Crippen LogP contribution in [0.1, 0.15) is 16.1 Å². The third-order valence-electron chi connectivity index (χ3n) is 2.93. The number of nitrogens with two attached hydrogens (primary N) is 1. The lowest BCUT2D eigenvalue weighted by atomic mass is 10.1. The number of carbonyl (C=O) groups excluding carboxylic acids is 2. The molecule has 4 N–H and O–H groups in total. The van der Waals surface area contributed by atoms with Crippen LogP contribution in [-0.4, -0.2) is 11.8 Å². The molecule has 0 saturated heterocycles. The van der Waals surface area contributed by atoms with Gasteiger partial charge in [0.05, 0.1) is 24.1 Å². The van der Waals surface area contributed by atoms with Crippen LogP contribution in [0.3, 0.4) is 0 Å². The molecule has 2 amide bonds. The van der Waals surface area contributed by atoms with Crippen molar-refractivity contribution in [1.29, 1.82) is 5.26 Å². The molecule has 116 valence electrons. The van der Waals surface area contributed by atoms with Crippen molar-refractivity contribution in [2.24, 2.45) is 5.73 Å². The van der Waals surface area contributed by atoms with Crippen molar-refractivity contribution in [2.75, 3.05) is 5.32 Å². The van der Waals surface area contributed by atoms with Gasteiger partial charge in [-0.25, -0.2) is 0 Å². The highest BCUT2D eigenvalue weighted by atomic mass is 16.3. The van der Waals surface area contributed by atoms with Crippen molar-refractivity contribution < 1.29 is 14.0 Å². The molecule has 0 aliphatic heterocycles. The molecule has 7 nitrogen and oxygen atoms in total. The minimum Gasteiger partial charge on any atom is -0.467 e. The van der Waals surface area contributed by atoms with Gasteiger partial charge < -0.3 is 20.8 Å². The van der Waals surface area contributed by atoms with Crippen molar-refractivity contribution in [3.8, 4) is 6.07 Å². The fourth-order valence-electron chi connectivity index (χ4n) is 1.80. The Morgan fingerprint density at radius 1 is 1.26 bits per heavy atom. The number of hydrogen-bond acceptors (Lipinski definition) is 5. The number of furan rings is 1. The Morgan fingerprint density at radius 2 is 2.04 bits per heavy atom. The van der Waals surface area contributed by atoms with Gasteiger partial charge in [-0.3, -0.25) is 9.59 Å². The Bertz CT molecular complexity index is 773. The van der Waals surface area contributed by atoms with Crippen LogP contribution in [0.4, 0.5) is 5.69 Å². The molecule has 0 bridgehead atoms. The molecule has 0 aliphatic rings. The molecule has 23 heavy (non-hydrogen) atoms. The zero-order valence-electron chi connectivity index (χ0n) is 12.1. The largest absolute Gasteiger partial charge is 0.467 e. The van der Waals surface area contributed by atoms with Gasteiger partial charge in [0.25, 0.3) is 11.8 Å². The van der Waals surface area contributed by atoms with Crippen molar-refractivity contribution in [1.82, 2.24) is 5.32 Å². The van der Waals surface area contributed by atoms with E-state index in [1.807, 2.05) is 0 Å². The van der Waals surface area contributed by atoms with Gasteiger partial charge in [-0.2, -0.15) is 5.26 Å². The lowest BCUT2D eigenvalue weighted by Crippen LogP contribution is -2.24. The van der Waals surface area contributed by atoms with E-state index < -0.39 is 11.8 Å². The maximum atomic E-state index is 11.9. The molecule has 1 heterocycles. The number of primary amides is 1. The Labute approximate surface area is 132 Å². The second-order valence-corrected chi connectivity index (χ2v) is 4.49. The summed E-state index contributed by atoms with van der Waals surface area (Å²) in [6.07, 6.45) is 2.71. The van der Waals surface area contributed by atoms with Crippen LogP contribution < -0.4 is 16.4 Å². The minimum atomic E-state index is -0.609. The van der Waals surface area contributed by atoms with Gasteiger partial charge in [-0.1, -0.05) is 12.1 Å². The second kappa shape index (κ2) is 7.47. The Morgan fingerprint density at radius 3 is 2.70 bits per heavy atom. The van der Waals surface area contributed by atoms with Gasteiger partial charge in [0, 0.05) is 6.20 Å². The first kappa shape index (κ1) is 15.9. The van der Waals surface area contributed by atoms with E-state index in [1.54, 1.807) is 42.5 Å². The zero-order valence-corrected chi connectivity index (χ0v) is 12.1. The predicted molar refractivity (Wildman–Crippen MR) is 82.8 cm³/mol. The van der Waals surface area contributed by atoms with E-state index in [2.05, 4.69) is 10.6 Å². The smallest absolute Gasteiger partial charge is 0.263 e. The van der Waals surface area contributed by atoms with Crippen LogP contribution in [-0.2, 0) is 11.3 Å². The molecule has 0 radical (unpaired) electrons. The number of para-hydroxylation sites is 1. The highest BCUT2D eigenvalue weighted by Gasteiger charge is 2.10. The molecule has 0 aliphatic carbocycles. The monoisotopic (exact) mass is 310 g/mol. The predicted octanol–water partition coefficient (Wildman–Crippen LogP) is 1.51. The number of nitrogens with one attached hydrogen (secondary N) is 2. The molecule has 0 unspecified atom stereocenters. The van der Waals surface area contributed by atoms with E-state index in [4.69, 9.17) is 15.4 Å². The molecule has 1 aromatic carbocycles. The first-order chi connectivity index (χ1) is 11.1. The highest BCUT2D eigenvalue weighted by molar-refractivity contribution is 6.00. The third kappa shape index (κ3) is 4.22. The Hall–Kier alpha value is -3.53. The van der Waals surface area contributed by atoms with Gasteiger partial charge in [0.15, 0.2) is 0 Å². The first-order valence-electron chi connectivity index (χ1n) is 6.68. The quantitative estimate of drug-likeness (QED) is 0.551. The summed E-state index contributed by atoms with van der Waals surface area (Å²) in [4.78, 5) is 23.2. The zero-order chi connectivity index (χ0) is 16.7. The molecule has 0 fully saturated rings. The average Bonchev–Trinajstić information content (AvgIpc) is 3.07. The van der Waals surface area contributed by atoms with Crippen molar-refractivity contribution in [3.05, 3.63) is 65.8 Å². The standard InChI is InChI=1S/C16H14N4O3/c17-8-11(16(22)20-10-12-4-3-7-23-12)9-19-14-6-2-1-5-13(14)15(18)21/h1-7,9,19H,10H2,(H2,18,21)(H,20,22)/b11-9-. The van der Waals surface area contributed by atoms with Crippen molar-refractivity contribution in [2.45, 2.75) is 6.54 Å². The fourth-order valence-corrected chi connectivity index (χ4v) is 1.80. The number of nitriles is 1. The lowest BCUT2D eigenvalue weighted by Gasteiger charge is -2.07. The molecule has 0 saturated carbocycles. The summed E-state index contributed by atoms with van der Waals surface area (Å²) < 4.78 is 5.08. The number of hydrogen-bond donors (Lipinski definition) is 3. The number of benzene rings is 1. The average molecular weight is 310 g/mol. The Balaban J connectivity index is 2.06. The fraction of sp³-hybridized carbons (Fsp3) is 0.0625. The van der Waals surface area contributed by atoms with Gasteiger partial charge in [-0.05, 0) is 24.3 Å². The second-order valence-electron chi connectivity index (χ2n) is 4.49. The summed E-state index contributed by atoms with van der Waals surface area (Å²) in [5.41, 5.74) is 5.79. The molecular formula is C16H14N4O3. The Kier molecular flexibility index (Phi) is 5.15. The van der Waals surface area contributed by atoms with Gasteiger partial charge >= 0.3 is 0 Å². The van der Waals surface area contributed by atoms with Crippen LogP contribution in [0, 0.1) is 11.3 Å². The maximum Gasteiger partial charge on any atom is 0.263 e. The molecule has 0 spiro atoms. The van der Waals surface area contributed by atoms with E-state index in [1.165, 1.54) is 12.5 Å². The summed E-state index contributed by atoms with van der Waals surface area (Å²) in [5, 5.41) is 14.4. The molecule has 2 aromatic rings. The minimum absolute atomic E-state index is 0.143. The van der Waals surface area contributed by atoms with E-state index in [0.29, 0.717) is 11.4 Å². The van der Waals surface area contributed by atoms with Gasteiger partial charge in [0.1, 0.15) is 17.4 Å². The van der Waals surface area contributed by atoms with Crippen LogP contribution >= 0.6 is 0 Å². The summed E-state index contributed by atoms with van der Waals surface area (Å²) in [5.74, 6) is -0.599. The first-order valence-corrected chi connectivity index (χ1v) is 6.68. The summed E-state index contributed by atoms with van der Waals surface area (Å²) >= 11 is 0. The SMILES string of the molecule is N#C/C(=C/Nc1ccccc1C(N)=O)C(=O)NCc1ccco1. The molecule has 1 aromatic heterocycles. The van der Waals surface area contributed by atoms with Crippen LogP contribution in [0.15, 0.2) is 58.9 Å². The highest BCUT2D eigenvalue weighted by Crippen LogP contribution is 2.14. The van der Waals surface area contributed by atoms with Crippen LogP contribution in [0.25, 0.3) is 0 Å². The van der Waals surface area contributed by atoms with E-state index in [-0.39, 0.29) is 17.7 Å².